The van der Waals surface area contributed by atoms with Crippen molar-refractivity contribution in [1.29, 1.82) is 0 Å². The summed E-state index contributed by atoms with van der Waals surface area (Å²) in [6.07, 6.45) is 8.87. The molecule has 0 N–H and O–H groups in total. The minimum Gasteiger partial charge on any atom is -0.0877 e. The highest BCUT2D eigenvalue weighted by molar-refractivity contribution is 5.74. The minimum atomic E-state index is 1.20. The van der Waals surface area contributed by atoms with Gasteiger partial charge in [0, 0.05) is 0 Å². The molecule has 0 unspecified atom stereocenters. The third kappa shape index (κ3) is 1.52. The number of fused-ring (bicyclic) bond motifs is 1. The van der Waals surface area contributed by atoms with E-state index in [1.54, 1.807) is 5.56 Å². The van der Waals surface area contributed by atoms with Gasteiger partial charge in [-0.3, -0.25) is 0 Å². The quantitative estimate of drug-likeness (QED) is 0.621. The molecular weight excluding hydrogens is 168 g/mol. The van der Waals surface area contributed by atoms with E-state index in [0.29, 0.717) is 0 Å². The lowest BCUT2D eigenvalue weighted by Gasteiger charge is -2.02. The first kappa shape index (κ1) is 9.26. The summed E-state index contributed by atoms with van der Waals surface area (Å²) in [6.45, 7) is 4.26. The van der Waals surface area contributed by atoms with Gasteiger partial charge in [-0.25, -0.2) is 0 Å². The monoisotopic (exact) mass is 184 g/mol. The molecule has 0 nitrogen and oxygen atoms in total. The van der Waals surface area contributed by atoms with Crippen LogP contribution in [0, 0.1) is 6.92 Å². The van der Waals surface area contributed by atoms with Crippen LogP contribution in [0.3, 0.4) is 0 Å². The largest absolute Gasteiger partial charge is 0.0877 e. The number of hydrogen-bond donors (Lipinski definition) is 0. The van der Waals surface area contributed by atoms with Crippen LogP contribution in [-0.2, 0) is 6.42 Å². The Labute approximate surface area is 86.0 Å². The van der Waals surface area contributed by atoms with Crippen molar-refractivity contribution in [1.82, 2.24) is 0 Å². The van der Waals surface area contributed by atoms with Gasteiger partial charge in [0.25, 0.3) is 0 Å². The summed E-state index contributed by atoms with van der Waals surface area (Å²) in [4.78, 5) is 0. The highest BCUT2D eigenvalue weighted by Gasteiger charge is 2.16. The topological polar surface area (TPSA) is 0 Å². The second kappa shape index (κ2) is 3.83. The summed E-state index contributed by atoms with van der Waals surface area (Å²) >= 11 is 0. The van der Waals surface area contributed by atoms with Crippen LogP contribution in [0.15, 0.2) is 36.4 Å². The predicted octanol–water partition coefficient (Wildman–Crippen LogP) is 3.90. The second-order valence-corrected chi connectivity index (χ2v) is 3.82. The van der Waals surface area contributed by atoms with Gasteiger partial charge >= 0.3 is 0 Å². The Morgan fingerprint density at radius 2 is 2.07 bits per heavy atom. The van der Waals surface area contributed by atoms with E-state index in [0.717, 1.165) is 0 Å². The number of aryl methyl sites for hydroxylation is 1. The molecule has 0 bridgehead atoms. The fraction of sp³-hybridized carbons (Fsp3) is 0.286. The first-order valence-corrected chi connectivity index (χ1v) is 5.23. The Morgan fingerprint density at radius 1 is 1.21 bits per heavy atom. The van der Waals surface area contributed by atoms with E-state index in [4.69, 9.17) is 0 Å². The van der Waals surface area contributed by atoms with Crippen LogP contribution in [-0.4, -0.2) is 0 Å². The molecule has 0 amide bonds. The Kier molecular flexibility index (Phi) is 2.53. The van der Waals surface area contributed by atoms with Crippen LogP contribution >= 0.6 is 0 Å². The zero-order valence-corrected chi connectivity index (χ0v) is 8.88. The van der Waals surface area contributed by atoms with Crippen LogP contribution in [0.1, 0.15) is 30.0 Å². The van der Waals surface area contributed by atoms with E-state index in [9.17, 15) is 0 Å². The van der Waals surface area contributed by atoms with Crippen LogP contribution in [0.2, 0.25) is 0 Å². The molecule has 0 aliphatic heterocycles. The highest BCUT2D eigenvalue weighted by atomic mass is 14.2. The molecule has 0 radical (unpaired) electrons. The lowest BCUT2D eigenvalue weighted by molar-refractivity contribution is 1.06. The van der Waals surface area contributed by atoms with Gasteiger partial charge in [0.2, 0.25) is 0 Å². The van der Waals surface area contributed by atoms with E-state index >= 15 is 0 Å². The number of rotatable bonds is 1. The summed E-state index contributed by atoms with van der Waals surface area (Å²) in [5.41, 5.74) is 5.93. The molecule has 0 spiro atoms. The lowest BCUT2D eigenvalue weighted by Crippen LogP contribution is -1.84. The molecule has 1 aliphatic rings. The Hall–Kier alpha value is -1.30. The normalized spacial score (nSPS) is 18.0. The fourth-order valence-corrected chi connectivity index (χ4v) is 2.11. The summed E-state index contributed by atoms with van der Waals surface area (Å²) < 4.78 is 0. The average molecular weight is 184 g/mol. The van der Waals surface area contributed by atoms with E-state index in [-0.39, 0.29) is 0 Å². The molecule has 2 rings (SSSR count). The standard InChI is InChI=1S/C14H16/c1-3-4-7-12-9-10-13-11(2)6-5-8-14(12)13/h3-8H,9-10H2,1-2H3/b4-3-,12-7+. The Balaban J connectivity index is 2.45. The van der Waals surface area contributed by atoms with Crippen LogP contribution < -0.4 is 0 Å². The molecule has 0 saturated heterocycles. The van der Waals surface area contributed by atoms with E-state index < -0.39 is 0 Å². The molecule has 14 heavy (non-hydrogen) atoms. The average Bonchev–Trinajstić information content (AvgIpc) is 2.60. The van der Waals surface area contributed by atoms with Crippen LogP contribution in [0.25, 0.3) is 5.57 Å². The zero-order chi connectivity index (χ0) is 9.97. The summed E-state index contributed by atoms with van der Waals surface area (Å²) in [7, 11) is 0. The lowest BCUT2D eigenvalue weighted by atomic mass is 10.0. The molecule has 0 heterocycles. The fourth-order valence-electron chi connectivity index (χ4n) is 2.11. The van der Waals surface area contributed by atoms with Crippen molar-refractivity contribution >= 4 is 5.57 Å². The summed E-state index contributed by atoms with van der Waals surface area (Å²) in [5.74, 6) is 0. The highest BCUT2D eigenvalue weighted by Crippen LogP contribution is 2.33. The van der Waals surface area contributed by atoms with Crippen LogP contribution in [0.4, 0.5) is 0 Å². The third-order valence-electron chi connectivity index (χ3n) is 2.89. The second-order valence-electron chi connectivity index (χ2n) is 3.82. The van der Waals surface area contributed by atoms with Gasteiger partial charge in [0.15, 0.2) is 0 Å². The number of benzene rings is 1. The molecule has 72 valence electrons. The van der Waals surface area contributed by atoms with Crippen molar-refractivity contribution in [2.45, 2.75) is 26.7 Å². The predicted molar refractivity (Wildman–Crippen MR) is 62.3 cm³/mol. The smallest absolute Gasteiger partial charge is 0.0190 e. The summed E-state index contributed by atoms with van der Waals surface area (Å²) in [6, 6.07) is 6.60. The van der Waals surface area contributed by atoms with Gasteiger partial charge < -0.3 is 0 Å². The molecule has 0 saturated carbocycles. The minimum absolute atomic E-state index is 1.20. The molecule has 1 aromatic carbocycles. The van der Waals surface area contributed by atoms with E-state index in [1.807, 2.05) is 0 Å². The van der Waals surface area contributed by atoms with Crippen LogP contribution in [0.5, 0.6) is 0 Å². The van der Waals surface area contributed by atoms with Gasteiger partial charge in [0.05, 0.1) is 0 Å². The molecule has 1 aliphatic carbocycles. The van der Waals surface area contributed by atoms with Crippen molar-refractivity contribution in [3.8, 4) is 0 Å². The first-order chi connectivity index (χ1) is 6.83. The molecule has 0 fully saturated rings. The molecule has 1 aromatic rings. The van der Waals surface area contributed by atoms with Crippen molar-refractivity contribution in [2.75, 3.05) is 0 Å². The number of allylic oxidation sites excluding steroid dienone is 4. The molecule has 0 atom stereocenters. The van der Waals surface area contributed by atoms with Crippen molar-refractivity contribution in [3.05, 3.63) is 53.1 Å². The maximum atomic E-state index is 2.24. The van der Waals surface area contributed by atoms with Gasteiger partial charge in [-0.1, -0.05) is 36.4 Å². The third-order valence-corrected chi connectivity index (χ3v) is 2.89. The van der Waals surface area contributed by atoms with Crippen molar-refractivity contribution < 1.29 is 0 Å². The Morgan fingerprint density at radius 3 is 2.86 bits per heavy atom. The van der Waals surface area contributed by atoms with Gasteiger partial charge in [-0.05, 0) is 49.0 Å². The maximum absolute atomic E-state index is 2.24. The first-order valence-electron chi connectivity index (χ1n) is 5.23. The zero-order valence-electron chi connectivity index (χ0n) is 8.88. The Bertz CT molecular complexity index is 394. The molecule has 0 heteroatoms. The van der Waals surface area contributed by atoms with Crippen molar-refractivity contribution in [2.24, 2.45) is 0 Å². The van der Waals surface area contributed by atoms with Gasteiger partial charge in [-0.2, -0.15) is 0 Å². The van der Waals surface area contributed by atoms with Gasteiger partial charge in [0.1, 0.15) is 0 Å². The van der Waals surface area contributed by atoms with E-state index in [1.165, 1.54) is 29.5 Å². The SMILES string of the molecule is C/C=C\C=C1/CCc2c(C)cccc21. The van der Waals surface area contributed by atoms with E-state index in [2.05, 4.69) is 50.3 Å². The van der Waals surface area contributed by atoms with Crippen molar-refractivity contribution in [3.63, 3.8) is 0 Å². The molecular formula is C14H16. The molecule has 0 aromatic heterocycles. The maximum Gasteiger partial charge on any atom is -0.0190 e. The summed E-state index contributed by atoms with van der Waals surface area (Å²) in [5, 5.41) is 0. The number of hydrogen-bond acceptors (Lipinski definition) is 0. The van der Waals surface area contributed by atoms with Gasteiger partial charge in [-0.15, -0.1) is 0 Å².